The van der Waals surface area contributed by atoms with Crippen LogP contribution in [0.2, 0.25) is 10.0 Å². The Morgan fingerprint density at radius 1 is 1.10 bits per heavy atom. The first kappa shape index (κ1) is 25.8. The average molecular weight is 456 g/mol. The van der Waals surface area contributed by atoms with Crippen LogP contribution in [-0.4, -0.2) is 41.3 Å². The topological polar surface area (TPSA) is 95.9 Å². The van der Waals surface area contributed by atoms with Crippen LogP contribution in [0.1, 0.15) is 31.4 Å². The predicted octanol–water partition coefficient (Wildman–Crippen LogP) is 4.14. The van der Waals surface area contributed by atoms with Crippen LogP contribution in [0.5, 0.6) is 5.75 Å². The zero-order valence-electron chi connectivity index (χ0n) is 17.0. The highest BCUT2D eigenvalue weighted by atomic mass is 35.5. The summed E-state index contributed by atoms with van der Waals surface area (Å²) in [7, 11) is 0. The Morgan fingerprint density at radius 3 is 2.30 bits per heavy atom. The van der Waals surface area contributed by atoms with Crippen molar-refractivity contribution >= 4 is 35.1 Å². The van der Waals surface area contributed by atoms with Crippen LogP contribution in [0, 0.1) is 0 Å². The van der Waals surface area contributed by atoms with E-state index in [1.165, 1.54) is 0 Å². The van der Waals surface area contributed by atoms with Gasteiger partial charge in [-0.3, -0.25) is 9.59 Å². The molecule has 8 heteroatoms. The van der Waals surface area contributed by atoms with Gasteiger partial charge >= 0.3 is 5.97 Å². The highest BCUT2D eigenvalue weighted by Gasteiger charge is 2.14. The van der Waals surface area contributed by atoms with E-state index < -0.39 is 12.1 Å². The molecule has 164 valence electrons. The quantitative estimate of drug-likeness (QED) is 0.527. The van der Waals surface area contributed by atoms with Gasteiger partial charge in [0.05, 0.1) is 0 Å². The summed E-state index contributed by atoms with van der Waals surface area (Å²) in [5.74, 6) is -0.506. The molecule has 0 saturated carbocycles. The third-order valence-corrected chi connectivity index (χ3v) is 4.53. The molecule has 0 saturated heterocycles. The summed E-state index contributed by atoms with van der Waals surface area (Å²) in [6, 6.07) is 12.3. The molecule has 6 nitrogen and oxygen atoms in total. The monoisotopic (exact) mass is 455 g/mol. The van der Waals surface area contributed by atoms with Crippen LogP contribution in [0.3, 0.4) is 0 Å². The molecule has 2 aromatic rings. The molecule has 0 fully saturated rings. The number of aliphatic hydroxyl groups is 1. The Hall–Kier alpha value is -2.28. The number of hydrogen-bond donors (Lipinski definition) is 3. The van der Waals surface area contributed by atoms with E-state index in [1.54, 1.807) is 50.2 Å². The molecular weight excluding hydrogens is 429 g/mol. The Kier molecular flexibility index (Phi) is 11.9. The fourth-order valence-electron chi connectivity index (χ4n) is 2.43. The second kappa shape index (κ2) is 13.9. The van der Waals surface area contributed by atoms with Crippen molar-refractivity contribution in [2.24, 2.45) is 0 Å². The molecule has 0 bridgehead atoms. The van der Waals surface area contributed by atoms with E-state index in [4.69, 9.17) is 38.2 Å². The molecule has 2 aromatic carbocycles. The molecule has 3 N–H and O–H groups in total. The van der Waals surface area contributed by atoms with Crippen LogP contribution >= 0.6 is 23.2 Å². The van der Waals surface area contributed by atoms with Crippen LogP contribution in [0.15, 0.2) is 42.5 Å². The van der Waals surface area contributed by atoms with Crippen LogP contribution in [0.25, 0.3) is 0 Å². The number of amides is 1. The first-order valence-electron chi connectivity index (χ1n) is 9.56. The van der Waals surface area contributed by atoms with Crippen LogP contribution in [0.4, 0.5) is 0 Å². The van der Waals surface area contributed by atoms with Crippen LogP contribution < -0.4 is 10.1 Å². The standard InChI is InChI=1S/C20H21Cl2NO4.C2H6O/c1-13(27-17-7-2-14(3-8-17)4-9-19(24)25)20(26)23-11-10-15-5-6-16(21)12-18(15)22;1-2-3/h2-3,5-8,12-13H,4,9-11H2,1H3,(H,23,26)(H,24,25);3H,2H2,1H3. The van der Waals surface area contributed by atoms with Gasteiger partial charge in [-0.2, -0.15) is 0 Å². The van der Waals surface area contributed by atoms with E-state index in [2.05, 4.69) is 5.32 Å². The Bertz CT molecular complexity index is 812. The zero-order chi connectivity index (χ0) is 22.5. The normalized spacial score (nSPS) is 11.1. The molecule has 0 aromatic heterocycles. The molecule has 0 spiro atoms. The maximum atomic E-state index is 12.2. The predicted molar refractivity (Wildman–Crippen MR) is 118 cm³/mol. The third-order valence-electron chi connectivity index (χ3n) is 3.94. The maximum Gasteiger partial charge on any atom is 0.303 e. The molecular formula is C22H27Cl2NO5. The van der Waals surface area contributed by atoms with Crippen molar-refractivity contribution < 1.29 is 24.5 Å². The summed E-state index contributed by atoms with van der Waals surface area (Å²) in [6.07, 6.45) is 0.470. The first-order valence-corrected chi connectivity index (χ1v) is 10.3. The SMILES string of the molecule is CC(Oc1ccc(CCC(=O)O)cc1)C(=O)NCCc1ccc(Cl)cc1Cl.CCO. The van der Waals surface area contributed by atoms with E-state index in [-0.39, 0.29) is 18.9 Å². The third kappa shape index (κ3) is 9.96. The van der Waals surface area contributed by atoms with Crippen molar-refractivity contribution in [2.75, 3.05) is 13.2 Å². The van der Waals surface area contributed by atoms with Gasteiger partial charge in [0.25, 0.3) is 5.91 Å². The largest absolute Gasteiger partial charge is 0.481 e. The molecule has 0 heterocycles. The van der Waals surface area contributed by atoms with Gasteiger partial charge in [0.15, 0.2) is 6.10 Å². The summed E-state index contributed by atoms with van der Waals surface area (Å²) in [5, 5.41) is 20.2. The number of aliphatic carboxylic acids is 1. The van der Waals surface area contributed by atoms with E-state index >= 15 is 0 Å². The molecule has 0 aliphatic heterocycles. The molecule has 1 amide bonds. The van der Waals surface area contributed by atoms with Gasteiger partial charge in [0, 0.05) is 29.6 Å². The minimum atomic E-state index is -0.833. The molecule has 2 rings (SSSR count). The number of aryl methyl sites for hydroxylation is 1. The van der Waals surface area contributed by atoms with Crippen molar-refractivity contribution in [2.45, 2.75) is 39.2 Å². The number of benzene rings is 2. The summed E-state index contributed by atoms with van der Waals surface area (Å²) in [6.45, 7) is 4.03. The minimum Gasteiger partial charge on any atom is -0.481 e. The van der Waals surface area contributed by atoms with Gasteiger partial charge in [-0.15, -0.1) is 0 Å². The lowest BCUT2D eigenvalue weighted by Gasteiger charge is -2.15. The summed E-state index contributed by atoms with van der Waals surface area (Å²) >= 11 is 12.0. The summed E-state index contributed by atoms with van der Waals surface area (Å²) in [5.41, 5.74) is 1.81. The van der Waals surface area contributed by atoms with Crippen molar-refractivity contribution in [3.8, 4) is 5.75 Å². The minimum absolute atomic E-state index is 0.0800. The number of carbonyl (C=O) groups excluding carboxylic acids is 1. The molecule has 0 radical (unpaired) electrons. The van der Waals surface area contributed by atoms with Gasteiger partial charge in [0.2, 0.25) is 0 Å². The first-order chi connectivity index (χ1) is 14.3. The second-order valence-electron chi connectivity index (χ2n) is 6.39. The van der Waals surface area contributed by atoms with E-state index in [9.17, 15) is 9.59 Å². The Labute approximate surface area is 186 Å². The zero-order valence-corrected chi connectivity index (χ0v) is 18.5. The number of halogens is 2. The Balaban J connectivity index is 0.00000141. The number of ether oxygens (including phenoxy) is 1. The number of hydrogen-bond acceptors (Lipinski definition) is 4. The van der Waals surface area contributed by atoms with Crippen molar-refractivity contribution in [3.63, 3.8) is 0 Å². The number of carboxylic acid groups (broad SMARTS) is 1. The van der Waals surface area contributed by atoms with E-state index in [0.29, 0.717) is 35.2 Å². The smallest absolute Gasteiger partial charge is 0.303 e. The summed E-state index contributed by atoms with van der Waals surface area (Å²) in [4.78, 5) is 22.8. The number of carbonyl (C=O) groups is 2. The second-order valence-corrected chi connectivity index (χ2v) is 7.23. The van der Waals surface area contributed by atoms with Gasteiger partial charge in [0.1, 0.15) is 5.75 Å². The van der Waals surface area contributed by atoms with Gasteiger partial charge in [-0.25, -0.2) is 0 Å². The molecule has 30 heavy (non-hydrogen) atoms. The lowest BCUT2D eigenvalue weighted by atomic mass is 10.1. The number of nitrogens with one attached hydrogen (secondary N) is 1. The van der Waals surface area contributed by atoms with Gasteiger partial charge in [-0.1, -0.05) is 41.4 Å². The fourth-order valence-corrected chi connectivity index (χ4v) is 2.94. The fraction of sp³-hybridized carbons (Fsp3) is 0.364. The average Bonchev–Trinajstić information content (AvgIpc) is 2.69. The molecule has 0 aliphatic rings. The lowest BCUT2D eigenvalue weighted by molar-refractivity contribution is -0.137. The van der Waals surface area contributed by atoms with Crippen molar-refractivity contribution in [1.82, 2.24) is 5.32 Å². The number of rotatable bonds is 9. The van der Waals surface area contributed by atoms with Gasteiger partial charge < -0.3 is 20.3 Å². The maximum absolute atomic E-state index is 12.2. The molecule has 1 atom stereocenters. The highest BCUT2D eigenvalue weighted by Crippen LogP contribution is 2.21. The molecule has 0 aliphatic carbocycles. The summed E-state index contributed by atoms with van der Waals surface area (Å²) < 4.78 is 5.63. The number of aliphatic hydroxyl groups excluding tert-OH is 1. The van der Waals surface area contributed by atoms with E-state index in [1.807, 2.05) is 6.07 Å². The lowest BCUT2D eigenvalue weighted by Crippen LogP contribution is -2.37. The van der Waals surface area contributed by atoms with Crippen molar-refractivity contribution in [1.29, 1.82) is 0 Å². The molecule has 1 unspecified atom stereocenters. The number of carboxylic acids is 1. The highest BCUT2D eigenvalue weighted by molar-refractivity contribution is 6.35. The van der Waals surface area contributed by atoms with Gasteiger partial charge in [-0.05, 0) is 62.1 Å². The van der Waals surface area contributed by atoms with Crippen molar-refractivity contribution in [3.05, 3.63) is 63.6 Å². The Morgan fingerprint density at radius 2 is 1.73 bits per heavy atom. The van der Waals surface area contributed by atoms with E-state index in [0.717, 1.165) is 11.1 Å². The van der Waals surface area contributed by atoms with Crippen LogP contribution in [-0.2, 0) is 22.4 Å².